The highest BCUT2D eigenvalue weighted by molar-refractivity contribution is 6.30. The summed E-state index contributed by atoms with van der Waals surface area (Å²) in [6.45, 7) is 5.91. The second-order valence-corrected chi connectivity index (χ2v) is 7.53. The van der Waals surface area contributed by atoms with E-state index >= 15 is 0 Å². The Kier molecular flexibility index (Phi) is 6.12. The number of rotatable bonds is 6. The Bertz CT molecular complexity index is 769. The summed E-state index contributed by atoms with van der Waals surface area (Å²) in [5.74, 6) is 0.705. The first-order valence-electron chi connectivity index (χ1n) is 9.00. The number of fused-ring (bicyclic) bond motifs is 1. The lowest BCUT2D eigenvalue weighted by atomic mass is 10.00. The molecule has 1 aliphatic heterocycles. The Hall–Kier alpha value is -1.69. The SMILES string of the molecule is CC(C)[C@H](CO)NCc1nc(N2CCc3cc(Cl)ccc3C2)ccc1F. The van der Waals surface area contributed by atoms with Crippen molar-refractivity contribution in [3.05, 3.63) is 58.0 Å². The molecule has 1 aromatic carbocycles. The number of anilines is 1. The van der Waals surface area contributed by atoms with Gasteiger partial charge in [0.2, 0.25) is 0 Å². The van der Waals surface area contributed by atoms with Crippen LogP contribution in [-0.4, -0.2) is 29.3 Å². The first kappa shape index (κ1) is 19.1. The predicted octanol–water partition coefficient (Wildman–Crippen LogP) is 3.54. The van der Waals surface area contributed by atoms with Crippen LogP contribution in [0.25, 0.3) is 0 Å². The number of hydrogen-bond donors (Lipinski definition) is 2. The van der Waals surface area contributed by atoms with Gasteiger partial charge in [0, 0.05) is 30.7 Å². The van der Waals surface area contributed by atoms with Gasteiger partial charge in [-0.3, -0.25) is 0 Å². The molecule has 0 radical (unpaired) electrons. The summed E-state index contributed by atoms with van der Waals surface area (Å²) in [6.07, 6.45) is 0.891. The molecule has 6 heteroatoms. The van der Waals surface area contributed by atoms with Gasteiger partial charge in [0.05, 0.1) is 12.3 Å². The van der Waals surface area contributed by atoms with Crippen molar-refractivity contribution in [1.29, 1.82) is 0 Å². The summed E-state index contributed by atoms with van der Waals surface area (Å²) in [6, 6.07) is 9.09. The lowest BCUT2D eigenvalue weighted by molar-refractivity contribution is 0.209. The normalized spacial score (nSPS) is 15.2. The average molecular weight is 378 g/mol. The van der Waals surface area contributed by atoms with Gasteiger partial charge in [0.25, 0.3) is 0 Å². The van der Waals surface area contributed by atoms with Gasteiger partial charge >= 0.3 is 0 Å². The fourth-order valence-corrected chi connectivity index (χ4v) is 3.42. The van der Waals surface area contributed by atoms with E-state index in [1.165, 1.54) is 17.2 Å². The highest BCUT2D eigenvalue weighted by Gasteiger charge is 2.19. The summed E-state index contributed by atoms with van der Waals surface area (Å²) in [7, 11) is 0. The zero-order valence-electron chi connectivity index (χ0n) is 15.2. The number of aromatic nitrogens is 1. The maximum Gasteiger partial charge on any atom is 0.146 e. The van der Waals surface area contributed by atoms with Crippen LogP contribution >= 0.6 is 11.6 Å². The van der Waals surface area contributed by atoms with Crippen LogP contribution in [0.15, 0.2) is 30.3 Å². The van der Waals surface area contributed by atoms with Crippen LogP contribution in [0, 0.1) is 11.7 Å². The first-order valence-corrected chi connectivity index (χ1v) is 9.37. The molecule has 0 saturated heterocycles. The molecule has 1 aromatic heterocycles. The molecule has 0 spiro atoms. The lowest BCUT2D eigenvalue weighted by Crippen LogP contribution is -2.37. The van der Waals surface area contributed by atoms with Crippen LogP contribution in [0.4, 0.5) is 10.2 Å². The number of halogens is 2. The molecule has 0 bridgehead atoms. The van der Waals surface area contributed by atoms with Gasteiger partial charge in [0.15, 0.2) is 0 Å². The van der Waals surface area contributed by atoms with E-state index in [1.807, 2.05) is 32.0 Å². The van der Waals surface area contributed by atoms with Gasteiger partial charge < -0.3 is 15.3 Å². The smallest absolute Gasteiger partial charge is 0.146 e. The minimum Gasteiger partial charge on any atom is -0.395 e. The maximum atomic E-state index is 14.2. The van der Waals surface area contributed by atoms with Crippen molar-refractivity contribution >= 4 is 17.4 Å². The van der Waals surface area contributed by atoms with Crippen molar-refractivity contribution in [3.8, 4) is 0 Å². The second-order valence-electron chi connectivity index (χ2n) is 7.10. The van der Waals surface area contributed by atoms with Gasteiger partial charge in [0.1, 0.15) is 11.6 Å². The molecule has 0 aliphatic carbocycles. The molecular formula is C20H25ClFN3O. The molecule has 0 unspecified atom stereocenters. The number of aliphatic hydroxyl groups excluding tert-OH is 1. The van der Waals surface area contributed by atoms with Gasteiger partial charge in [-0.05, 0) is 47.7 Å². The van der Waals surface area contributed by atoms with Gasteiger partial charge in [-0.2, -0.15) is 0 Å². The molecular weight excluding hydrogens is 353 g/mol. The van der Waals surface area contributed by atoms with E-state index in [1.54, 1.807) is 6.07 Å². The molecule has 1 atom stereocenters. The third-order valence-electron chi connectivity index (χ3n) is 4.94. The summed E-state index contributed by atoms with van der Waals surface area (Å²) >= 11 is 6.07. The van der Waals surface area contributed by atoms with Crippen LogP contribution in [0.1, 0.15) is 30.7 Å². The molecule has 1 aliphatic rings. The monoisotopic (exact) mass is 377 g/mol. The largest absolute Gasteiger partial charge is 0.395 e. The third-order valence-corrected chi connectivity index (χ3v) is 5.18. The van der Waals surface area contributed by atoms with Crippen molar-refractivity contribution in [2.75, 3.05) is 18.1 Å². The molecule has 0 amide bonds. The van der Waals surface area contributed by atoms with Gasteiger partial charge in [-0.25, -0.2) is 9.37 Å². The number of aliphatic hydroxyl groups is 1. The Morgan fingerprint density at radius 3 is 2.81 bits per heavy atom. The lowest BCUT2D eigenvalue weighted by Gasteiger charge is -2.30. The van der Waals surface area contributed by atoms with Crippen LogP contribution < -0.4 is 10.2 Å². The number of hydrogen-bond acceptors (Lipinski definition) is 4. The van der Waals surface area contributed by atoms with Crippen molar-refractivity contribution < 1.29 is 9.50 Å². The molecule has 140 valence electrons. The minimum absolute atomic E-state index is 0.0183. The fourth-order valence-electron chi connectivity index (χ4n) is 3.23. The van der Waals surface area contributed by atoms with E-state index in [9.17, 15) is 9.50 Å². The van der Waals surface area contributed by atoms with Crippen molar-refractivity contribution in [3.63, 3.8) is 0 Å². The van der Waals surface area contributed by atoms with Crippen LogP contribution in [0.2, 0.25) is 5.02 Å². The fraction of sp³-hybridized carbons (Fsp3) is 0.450. The standard InChI is InChI=1S/C20H25ClFN3O/c1-13(2)19(12-26)23-10-18-17(22)5-6-20(24-18)25-8-7-14-9-16(21)4-3-15(14)11-25/h3-6,9,13,19,23,26H,7-8,10-12H2,1-2H3/t19-/m0/s1. The predicted molar refractivity (Wildman–Crippen MR) is 103 cm³/mol. The molecule has 2 N–H and O–H groups in total. The Balaban J connectivity index is 1.74. The average Bonchev–Trinajstić information content (AvgIpc) is 2.63. The minimum atomic E-state index is -0.328. The molecule has 0 saturated carbocycles. The molecule has 2 aromatic rings. The zero-order valence-corrected chi connectivity index (χ0v) is 15.9. The quantitative estimate of drug-likeness (QED) is 0.808. The van der Waals surface area contributed by atoms with Crippen LogP contribution in [0.5, 0.6) is 0 Å². The molecule has 0 fully saturated rings. The highest BCUT2D eigenvalue weighted by atomic mass is 35.5. The van der Waals surface area contributed by atoms with Crippen LogP contribution in [0.3, 0.4) is 0 Å². The topological polar surface area (TPSA) is 48.4 Å². The number of nitrogens with zero attached hydrogens (tertiary/aromatic N) is 2. The second kappa shape index (κ2) is 8.33. The third kappa shape index (κ3) is 4.34. The van der Waals surface area contributed by atoms with E-state index < -0.39 is 0 Å². The van der Waals surface area contributed by atoms with E-state index in [2.05, 4.69) is 15.2 Å². The van der Waals surface area contributed by atoms with Crippen molar-refractivity contribution in [2.45, 2.75) is 39.4 Å². The Labute approximate surface area is 159 Å². The molecule has 26 heavy (non-hydrogen) atoms. The Morgan fingerprint density at radius 2 is 2.08 bits per heavy atom. The summed E-state index contributed by atoms with van der Waals surface area (Å²) < 4.78 is 14.2. The van der Waals surface area contributed by atoms with E-state index in [0.29, 0.717) is 12.2 Å². The van der Waals surface area contributed by atoms with E-state index in [4.69, 9.17) is 11.6 Å². The van der Waals surface area contributed by atoms with E-state index in [0.717, 1.165) is 30.4 Å². The molecule has 3 rings (SSSR count). The molecule has 2 heterocycles. The van der Waals surface area contributed by atoms with Crippen LogP contribution in [-0.2, 0) is 19.5 Å². The van der Waals surface area contributed by atoms with Crippen molar-refractivity contribution in [2.24, 2.45) is 5.92 Å². The number of nitrogens with one attached hydrogen (secondary N) is 1. The van der Waals surface area contributed by atoms with E-state index in [-0.39, 0.29) is 24.4 Å². The number of pyridine rings is 1. The van der Waals surface area contributed by atoms with Gasteiger partial charge in [-0.15, -0.1) is 0 Å². The summed E-state index contributed by atoms with van der Waals surface area (Å²) in [5.41, 5.74) is 2.87. The zero-order chi connectivity index (χ0) is 18.7. The summed E-state index contributed by atoms with van der Waals surface area (Å²) in [4.78, 5) is 6.69. The maximum absolute atomic E-state index is 14.2. The van der Waals surface area contributed by atoms with Crippen molar-refractivity contribution in [1.82, 2.24) is 10.3 Å². The number of benzene rings is 1. The molecule has 4 nitrogen and oxygen atoms in total. The summed E-state index contributed by atoms with van der Waals surface area (Å²) in [5, 5.41) is 13.4. The highest BCUT2D eigenvalue weighted by Crippen LogP contribution is 2.26. The van der Waals surface area contributed by atoms with Gasteiger partial charge in [-0.1, -0.05) is 31.5 Å². The first-order chi connectivity index (χ1) is 12.5. The Morgan fingerprint density at radius 1 is 1.27 bits per heavy atom.